The van der Waals surface area contributed by atoms with Gasteiger partial charge in [-0.05, 0) is 6.42 Å². The Kier molecular flexibility index (Phi) is 18.0. The molecule has 0 saturated heterocycles. The van der Waals surface area contributed by atoms with Crippen LogP contribution in [0.1, 0.15) is 96.8 Å². The zero-order valence-electron chi connectivity index (χ0n) is 14.1. The Morgan fingerprint density at radius 2 is 1.10 bits per heavy atom. The molecule has 126 valence electrons. The van der Waals surface area contributed by atoms with Crippen LogP contribution in [0.15, 0.2) is 0 Å². The molecule has 0 aliphatic heterocycles. The van der Waals surface area contributed by atoms with Crippen LogP contribution in [0.25, 0.3) is 0 Å². The first-order chi connectivity index (χ1) is 10.3. The van der Waals surface area contributed by atoms with Crippen LogP contribution in [0.3, 0.4) is 0 Å². The predicted octanol–water partition coefficient (Wildman–Crippen LogP) is 5.98. The van der Waals surface area contributed by atoms with Gasteiger partial charge in [0.2, 0.25) is 5.91 Å². The van der Waals surface area contributed by atoms with Gasteiger partial charge < -0.3 is 5.32 Å². The molecule has 0 aliphatic rings. The Balaban J connectivity index is 2.98. The van der Waals surface area contributed by atoms with Crippen LogP contribution in [0.5, 0.6) is 0 Å². The molecule has 21 heavy (non-hydrogen) atoms. The zero-order chi connectivity index (χ0) is 15.6. The fourth-order valence-corrected chi connectivity index (χ4v) is 2.79. The Morgan fingerprint density at radius 1 is 0.714 bits per heavy atom. The number of nitrogens with one attached hydrogen (secondary N) is 1. The normalized spacial score (nSPS) is 10.8. The Morgan fingerprint density at radius 3 is 1.48 bits per heavy atom. The summed E-state index contributed by atoms with van der Waals surface area (Å²) in [7, 11) is 0. The van der Waals surface area contributed by atoms with Crippen molar-refractivity contribution in [1.82, 2.24) is 5.32 Å². The number of unbranched alkanes of at least 4 members (excludes halogenated alkanes) is 13. The van der Waals surface area contributed by atoms with Gasteiger partial charge in [0.1, 0.15) is 0 Å². The van der Waals surface area contributed by atoms with E-state index in [0.29, 0.717) is 5.33 Å². The minimum Gasteiger partial charge on any atom is -0.355 e. The summed E-state index contributed by atoms with van der Waals surface area (Å²) in [6.45, 7) is 3.11. The van der Waals surface area contributed by atoms with Crippen molar-refractivity contribution >= 4 is 21.8 Å². The molecule has 0 rings (SSSR count). The molecule has 0 saturated carbocycles. The Bertz CT molecular complexity index is 221. The molecular formula is C18H36BrNO. The fourth-order valence-electron chi connectivity index (χ4n) is 2.59. The van der Waals surface area contributed by atoms with Crippen molar-refractivity contribution in [3.8, 4) is 0 Å². The predicted molar refractivity (Wildman–Crippen MR) is 97.1 cm³/mol. The van der Waals surface area contributed by atoms with Gasteiger partial charge in [-0.3, -0.25) is 4.79 Å². The van der Waals surface area contributed by atoms with Gasteiger partial charge in [0.15, 0.2) is 0 Å². The molecule has 0 aliphatic carbocycles. The van der Waals surface area contributed by atoms with Crippen LogP contribution in [-0.4, -0.2) is 17.8 Å². The van der Waals surface area contributed by atoms with Gasteiger partial charge >= 0.3 is 0 Å². The van der Waals surface area contributed by atoms with Crippen LogP contribution < -0.4 is 5.32 Å². The molecule has 1 amide bonds. The van der Waals surface area contributed by atoms with Crippen LogP contribution in [-0.2, 0) is 4.79 Å². The molecule has 0 aromatic heterocycles. The van der Waals surface area contributed by atoms with Gasteiger partial charge in [0.05, 0.1) is 5.33 Å². The number of carbonyl (C=O) groups excluding carboxylic acids is 1. The highest BCUT2D eigenvalue weighted by Gasteiger charge is 1.96. The third-order valence-corrected chi connectivity index (χ3v) is 4.48. The Labute approximate surface area is 141 Å². The molecular weight excluding hydrogens is 326 g/mol. The molecule has 1 N–H and O–H groups in total. The van der Waals surface area contributed by atoms with Crippen molar-refractivity contribution in [1.29, 1.82) is 0 Å². The molecule has 0 spiro atoms. The second-order valence-corrected chi connectivity index (χ2v) is 6.64. The lowest BCUT2D eigenvalue weighted by Gasteiger charge is -2.04. The largest absolute Gasteiger partial charge is 0.355 e. The molecule has 0 fully saturated rings. The van der Waals surface area contributed by atoms with Gasteiger partial charge in [-0.25, -0.2) is 0 Å². The smallest absolute Gasteiger partial charge is 0.230 e. The summed E-state index contributed by atoms with van der Waals surface area (Å²) in [6.07, 6.45) is 19.3. The van der Waals surface area contributed by atoms with E-state index in [9.17, 15) is 4.79 Å². The van der Waals surface area contributed by atoms with Gasteiger partial charge in [-0.15, -0.1) is 0 Å². The molecule has 0 aromatic carbocycles. The Hall–Kier alpha value is -0.0500. The summed E-state index contributed by atoms with van der Waals surface area (Å²) < 4.78 is 0. The third kappa shape index (κ3) is 17.9. The zero-order valence-corrected chi connectivity index (χ0v) is 15.7. The summed E-state index contributed by atoms with van der Waals surface area (Å²) in [5.74, 6) is 0.102. The number of hydrogen-bond donors (Lipinski definition) is 1. The van der Waals surface area contributed by atoms with Crippen molar-refractivity contribution in [2.24, 2.45) is 0 Å². The molecule has 0 aromatic rings. The molecule has 0 heterocycles. The van der Waals surface area contributed by atoms with E-state index >= 15 is 0 Å². The molecule has 0 atom stereocenters. The highest BCUT2D eigenvalue weighted by molar-refractivity contribution is 9.09. The van der Waals surface area contributed by atoms with Gasteiger partial charge in [-0.2, -0.15) is 0 Å². The first-order valence-electron chi connectivity index (χ1n) is 9.14. The van der Waals surface area contributed by atoms with Gasteiger partial charge in [-0.1, -0.05) is 106 Å². The van der Waals surface area contributed by atoms with E-state index in [1.165, 1.54) is 83.5 Å². The third-order valence-electron chi connectivity index (χ3n) is 3.97. The highest BCUT2D eigenvalue weighted by atomic mass is 79.9. The summed E-state index contributed by atoms with van der Waals surface area (Å²) in [6, 6.07) is 0. The van der Waals surface area contributed by atoms with E-state index in [-0.39, 0.29) is 5.91 Å². The van der Waals surface area contributed by atoms with E-state index in [1.807, 2.05) is 0 Å². The monoisotopic (exact) mass is 361 g/mol. The number of halogens is 1. The summed E-state index contributed by atoms with van der Waals surface area (Å²) in [4.78, 5) is 11.0. The van der Waals surface area contributed by atoms with E-state index in [2.05, 4.69) is 28.2 Å². The first kappa shape index (κ1) is 20.9. The molecule has 0 unspecified atom stereocenters. The average molecular weight is 362 g/mol. The maximum absolute atomic E-state index is 11.0. The SMILES string of the molecule is CCCCCCCCCCCCCCCCNC(=O)CBr. The first-order valence-corrected chi connectivity index (χ1v) is 10.3. The molecule has 0 radical (unpaired) electrons. The van der Waals surface area contributed by atoms with E-state index in [4.69, 9.17) is 0 Å². The number of hydrogen-bond acceptors (Lipinski definition) is 1. The number of alkyl halides is 1. The van der Waals surface area contributed by atoms with Crippen LogP contribution in [0.4, 0.5) is 0 Å². The maximum Gasteiger partial charge on any atom is 0.230 e. The maximum atomic E-state index is 11.0. The van der Waals surface area contributed by atoms with E-state index < -0.39 is 0 Å². The van der Waals surface area contributed by atoms with E-state index in [1.54, 1.807) is 0 Å². The topological polar surface area (TPSA) is 29.1 Å². The quantitative estimate of drug-likeness (QED) is 0.266. The van der Waals surface area contributed by atoms with Gasteiger partial charge in [0, 0.05) is 6.54 Å². The second kappa shape index (κ2) is 18.0. The second-order valence-electron chi connectivity index (χ2n) is 6.08. The number of rotatable bonds is 16. The lowest BCUT2D eigenvalue weighted by molar-refractivity contribution is -0.118. The van der Waals surface area contributed by atoms with Crippen molar-refractivity contribution in [3.05, 3.63) is 0 Å². The molecule has 0 bridgehead atoms. The van der Waals surface area contributed by atoms with Gasteiger partial charge in [0.25, 0.3) is 0 Å². The lowest BCUT2D eigenvalue weighted by Crippen LogP contribution is -2.25. The highest BCUT2D eigenvalue weighted by Crippen LogP contribution is 2.12. The van der Waals surface area contributed by atoms with Crippen LogP contribution >= 0.6 is 15.9 Å². The minimum atomic E-state index is 0.102. The van der Waals surface area contributed by atoms with Crippen molar-refractivity contribution in [2.45, 2.75) is 96.8 Å². The standard InChI is InChI=1S/C18H36BrNO/c1-2-3-4-5-6-7-8-9-10-11-12-13-14-15-16-20-18(21)17-19/h2-17H2,1H3,(H,20,21). The fraction of sp³-hybridized carbons (Fsp3) is 0.944. The number of amides is 1. The summed E-state index contributed by atoms with van der Waals surface area (Å²) in [5, 5.41) is 3.31. The summed E-state index contributed by atoms with van der Waals surface area (Å²) >= 11 is 3.15. The van der Waals surface area contributed by atoms with Crippen molar-refractivity contribution in [3.63, 3.8) is 0 Å². The van der Waals surface area contributed by atoms with Crippen LogP contribution in [0.2, 0.25) is 0 Å². The molecule has 2 nitrogen and oxygen atoms in total. The van der Waals surface area contributed by atoms with Crippen LogP contribution in [0, 0.1) is 0 Å². The minimum absolute atomic E-state index is 0.102. The molecule has 3 heteroatoms. The number of carbonyl (C=O) groups is 1. The van der Waals surface area contributed by atoms with Crippen molar-refractivity contribution in [2.75, 3.05) is 11.9 Å². The summed E-state index contributed by atoms with van der Waals surface area (Å²) in [5.41, 5.74) is 0. The van der Waals surface area contributed by atoms with E-state index in [0.717, 1.165) is 13.0 Å². The van der Waals surface area contributed by atoms with Crippen molar-refractivity contribution < 1.29 is 4.79 Å². The lowest BCUT2D eigenvalue weighted by atomic mass is 10.0. The average Bonchev–Trinajstić information content (AvgIpc) is 2.50.